The molecular weight excluding hydrogens is 258 g/mol. The lowest BCUT2D eigenvalue weighted by molar-refractivity contribution is 0.123. The fourth-order valence-corrected chi connectivity index (χ4v) is 3.09. The van der Waals surface area contributed by atoms with Crippen molar-refractivity contribution in [3.8, 4) is 0 Å². The third kappa shape index (κ3) is 8.76. The highest BCUT2D eigenvalue weighted by Crippen LogP contribution is 2.14. The molecule has 0 aromatic carbocycles. The minimum absolute atomic E-state index is 0. The Hall–Kier alpha value is 0.0869. The first kappa shape index (κ1) is 19.4. The number of allylic oxidation sites excluding steroid dienone is 1. The summed E-state index contributed by atoms with van der Waals surface area (Å²) < 4.78 is 16.0. The Morgan fingerprint density at radius 1 is 1.12 bits per heavy atom. The minimum atomic E-state index is -2.35. The van der Waals surface area contributed by atoms with Gasteiger partial charge in [-0.2, -0.15) is 0 Å². The SMILES string of the molecule is CO[Si](CCCNCC=C(C)C)(OC)OC.Cl. The van der Waals surface area contributed by atoms with E-state index in [9.17, 15) is 0 Å². The number of rotatable bonds is 9. The summed E-state index contributed by atoms with van der Waals surface area (Å²) >= 11 is 0. The molecule has 0 saturated carbocycles. The van der Waals surface area contributed by atoms with E-state index in [1.807, 2.05) is 0 Å². The maximum Gasteiger partial charge on any atom is 0.500 e. The largest absolute Gasteiger partial charge is 0.500 e. The summed E-state index contributed by atoms with van der Waals surface area (Å²) in [7, 11) is 2.59. The van der Waals surface area contributed by atoms with Gasteiger partial charge in [-0.25, -0.2) is 0 Å². The van der Waals surface area contributed by atoms with Crippen LogP contribution in [0.2, 0.25) is 6.04 Å². The second kappa shape index (κ2) is 11.2. The van der Waals surface area contributed by atoms with Crippen molar-refractivity contribution in [3.63, 3.8) is 0 Å². The average Bonchev–Trinajstić information content (AvgIpc) is 2.29. The monoisotopic (exact) mass is 283 g/mol. The molecule has 0 atom stereocenters. The molecule has 0 bridgehead atoms. The summed E-state index contributed by atoms with van der Waals surface area (Å²) in [6, 6.07) is 0.846. The van der Waals surface area contributed by atoms with Crippen LogP contribution in [0.3, 0.4) is 0 Å². The maximum atomic E-state index is 5.34. The molecule has 6 heteroatoms. The standard InChI is InChI=1S/C11H25NO3Si.ClH/c1-11(2)7-9-12-8-6-10-16(13-3,14-4)15-5;/h7,12H,6,8-10H2,1-5H3;1H. The molecule has 0 aliphatic carbocycles. The van der Waals surface area contributed by atoms with Crippen LogP contribution >= 0.6 is 12.4 Å². The van der Waals surface area contributed by atoms with Gasteiger partial charge < -0.3 is 18.6 Å². The first-order chi connectivity index (χ1) is 7.60. The summed E-state index contributed by atoms with van der Waals surface area (Å²) in [5, 5.41) is 3.34. The molecule has 17 heavy (non-hydrogen) atoms. The second-order valence-corrected chi connectivity index (χ2v) is 6.98. The smallest absolute Gasteiger partial charge is 0.377 e. The molecule has 0 amide bonds. The zero-order valence-electron chi connectivity index (χ0n) is 11.5. The van der Waals surface area contributed by atoms with E-state index in [2.05, 4.69) is 25.2 Å². The molecule has 0 unspecified atom stereocenters. The molecule has 0 aliphatic heterocycles. The molecule has 1 N–H and O–H groups in total. The highest BCUT2D eigenvalue weighted by molar-refractivity contribution is 6.60. The summed E-state index contributed by atoms with van der Waals surface area (Å²) in [5.74, 6) is 0. The second-order valence-electron chi connectivity index (χ2n) is 3.88. The van der Waals surface area contributed by atoms with Crippen LogP contribution in [0.1, 0.15) is 20.3 Å². The van der Waals surface area contributed by atoms with Gasteiger partial charge in [0, 0.05) is 33.9 Å². The fraction of sp³-hybridized carbons (Fsp3) is 0.818. The van der Waals surface area contributed by atoms with E-state index < -0.39 is 8.80 Å². The molecule has 0 spiro atoms. The van der Waals surface area contributed by atoms with Crippen molar-refractivity contribution in [2.75, 3.05) is 34.4 Å². The Morgan fingerprint density at radius 2 is 1.65 bits per heavy atom. The van der Waals surface area contributed by atoms with Gasteiger partial charge >= 0.3 is 8.80 Å². The van der Waals surface area contributed by atoms with Crippen molar-refractivity contribution in [3.05, 3.63) is 11.6 Å². The summed E-state index contributed by atoms with van der Waals surface area (Å²) in [6.07, 6.45) is 3.17. The number of hydrogen-bond donors (Lipinski definition) is 1. The van der Waals surface area contributed by atoms with Crippen LogP contribution in [0, 0.1) is 0 Å². The van der Waals surface area contributed by atoms with Crippen molar-refractivity contribution in [2.45, 2.75) is 26.3 Å². The predicted molar refractivity (Wildman–Crippen MR) is 75.8 cm³/mol. The van der Waals surface area contributed by atoms with Crippen molar-refractivity contribution < 1.29 is 13.3 Å². The predicted octanol–water partition coefficient (Wildman–Crippen LogP) is 2.23. The Morgan fingerprint density at radius 3 is 2.06 bits per heavy atom. The third-order valence-corrected chi connectivity index (χ3v) is 5.26. The van der Waals surface area contributed by atoms with Gasteiger partial charge in [0.05, 0.1) is 0 Å². The molecule has 0 aromatic heterocycles. The van der Waals surface area contributed by atoms with Crippen LogP contribution < -0.4 is 5.32 Å². The lowest BCUT2D eigenvalue weighted by Crippen LogP contribution is -2.43. The van der Waals surface area contributed by atoms with Crippen LogP contribution in [0.15, 0.2) is 11.6 Å². The van der Waals surface area contributed by atoms with Gasteiger partial charge in [0.1, 0.15) is 0 Å². The van der Waals surface area contributed by atoms with Crippen molar-refractivity contribution >= 4 is 21.2 Å². The summed E-state index contributed by atoms with van der Waals surface area (Å²) in [5.41, 5.74) is 1.34. The van der Waals surface area contributed by atoms with Crippen LogP contribution in [-0.4, -0.2) is 43.2 Å². The van der Waals surface area contributed by atoms with Gasteiger partial charge in [0.15, 0.2) is 0 Å². The number of hydrogen-bond acceptors (Lipinski definition) is 4. The van der Waals surface area contributed by atoms with Crippen LogP contribution in [0.25, 0.3) is 0 Å². The van der Waals surface area contributed by atoms with E-state index in [1.54, 1.807) is 21.3 Å². The number of nitrogens with one attached hydrogen (secondary N) is 1. The van der Waals surface area contributed by atoms with E-state index in [-0.39, 0.29) is 12.4 Å². The normalized spacial score (nSPS) is 10.9. The molecular formula is C11H26ClNO3Si. The van der Waals surface area contributed by atoms with E-state index in [4.69, 9.17) is 13.3 Å². The first-order valence-electron chi connectivity index (χ1n) is 5.59. The van der Waals surface area contributed by atoms with Crippen LogP contribution in [0.4, 0.5) is 0 Å². The summed E-state index contributed by atoms with van der Waals surface area (Å²) in [4.78, 5) is 0. The Balaban J connectivity index is 0. The zero-order valence-corrected chi connectivity index (χ0v) is 13.4. The van der Waals surface area contributed by atoms with Gasteiger partial charge in [-0.15, -0.1) is 12.4 Å². The fourth-order valence-electron chi connectivity index (χ4n) is 1.36. The zero-order chi connectivity index (χ0) is 12.4. The Bertz CT molecular complexity index is 199. The maximum absolute atomic E-state index is 5.34. The number of halogens is 1. The molecule has 0 aliphatic rings. The lowest BCUT2D eigenvalue weighted by atomic mass is 10.3. The van der Waals surface area contributed by atoms with E-state index in [1.165, 1.54) is 5.57 Å². The van der Waals surface area contributed by atoms with Gasteiger partial charge in [-0.05, 0) is 26.8 Å². The van der Waals surface area contributed by atoms with E-state index in [0.29, 0.717) is 0 Å². The van der Waals surface area contributed by atoms with Gasteiger partial charge in [-0.3, -0.25) is 0 Å². The van der Waals surface area contributed by atoms with Crippen molar-refractivity contribution in [1.82, 2.24) is 5.32 Å². The molecule has 0 radical (unpaired) electrons. The molecule has 0 saturated heterocycles. The molecule has 0 rings (SSSR count). The average molecular weight is 284 g/mol. The molecule has 104 valence electrons. The molecule has 0 aromatic rings. The van der Waals surface area contributed by atoms with Crippen molar-refractivity contribution in [1.29, 1.82) is 0 Å². The highest BCUT2D eigenvalue weighted by Gasteiger charge is 2.36. The Labute approximate surface area is 112 Å². The van der Waals surface area contributed by atoms with E-state index >= 15 is 0 Å². The van der Waals surface area contributed by atoms with Crippen LogP contribution in [-0.2, 0) is 13.3 Å². The first-order valence-corrected chi connectivity index (χ1v) is 7.53. The van der Waals surface area contributed by atoms with Crippen LogP contribution in [0.5, 0.6) is 0 Å². The topological polar surface area (TPSA) is 39.7 Å². The summed E-state index contributed by atoms with van der Waals surface area (Å²) in [6.45, 7) is 6.07. The highest BCUT2D eigenvalue weighted by atomic mass is 35.5. The van der Waals surface area contributed by atoms with Gasteiger partial charge in [0.2, 0.25) is 0 Å². The van der Waals surface area contributed by atoms with Gasteiger partial charge in [0.25, 0.3) is 0 Å². The Kier molecular flexibility index (Phi) is 12.8. The quantitative estimate of drug-likeness (QED) is 0.400. The molecule has 0 heterocycles. The molecule has 4 nitrogen and oxygen atoms in total. The van der Waals surface area contributed by atoms with Crippen molar-refractivity contribution in [2.24, 2.45) is 0 Å². The third-order valence-electron chi connectivity index (χ3n) is 2.42. The van der Waals surface area contributed by atoms with E-state index in [0.717, 1.165) is 25.6 Å². The lowest BCUT2D eigenvalue weighted by Gasteiger charge is -2.24. The van der Waals surface area contributed by atoms with Gasteiger partial charge in [-0.1, -0.05) is 11.6 Å². The minimum Gasteiger partial charge on any atom is -0.377 e. The molecule has 0 fully saturated rings.